The Morgan fingerprint density at radius 2 is 1.88 bits per heavy atom. The Labute approximate surface area is 208 Å². The van der Waals surface area contributed by atoms with Crippen LogP contribution in [-0.4, -0.2) is 28.7 Å². The van der Waals surface area contributed by atoms with Gasteiger partial charge < -0.3 is 19.9 Å². The molecule has 172 valence electrons. The smallest absolute Gasteiger partial charge is 0.191 e. The van der Waals surface area contributed by atoms with Gasteiger partial charge in [-0.3, -0.25) is 4.99 Å². The summed E-state index contributed by atoms with van der Waals surface area (Å²) in [5.41, 5.74) is 3.55. The number of aromatic nitrogens is 2. The van der Waals surface area contributed by atoms with Crippen LogP contribution in [0.2, 0.25) is 0 Å². The quantitative estimate of drug-likeness (QED) is 0.227. The molecule has 3 aromatic rings. The zero-order valence-electron chi connectivity index (χ0n) is 19.3. The van der Waals surface area contributed by atoms with Crippen LogP contribution in [0.3, 0.4) is 0 Å². The van der Waals surface area contributed by atoms with Gasteiger partial charge in [0.15, 0.2) is 5.96 Å². The minimum atomic E-state index is 0. The van der Waals surface area contributed by atoms with E-state index in [1.807, 2.05) is 18.5 Å². The van der Waals surface area contributed by atoms with Crippen molar-refractivity contribution in [1.29, 1.82) is 0 Å². The van der Waals surface area contributed by atoms with Crippen LogP contribution in [-0.2, 0) is 19.6 Å². The Morgan fingerprint density at radius 3 is 2.59 bits per heavy atom. The second kappa shape index (κ2) is 13.1. The maximum absolute atomic E-state index is 6.12. The predicted octanol–water partition coefficient (Wildman–Crippen LogP) is 4.90. The molecule has 0 bridgehead atoms. The Kier molecular flexibility index (Phi) is 10.5. The lowest BCUT2D eigenvalue weighted by molar-refractivity contribution is 0.215. The molecule has 2 N–H and O–H groups in total. The molecular formula is C25H34IN5O. The number of nitrogens with one attached hydrogen (secondary N) is 2. The molecule has 0 spiro atoms. The minimum absolute atomic E-state index is 0. The van der Waals surface area contributed by atoms with Crippen molar-refractivity contribution in [3.63, 3.8) is 0 Å². The van der Waals surface area contributed by atoms with Crippen LogP contribution in [0.25, 0.3) is 0 Å². The van der Waals surface area contributed by atoms with Gasteiger partial charge in [0.1, 0.15) is 11.6 Å². The van der Waals surface area contributed by atoms with E-state index in [2.05, 4.69) is 88.4 Å². The zero-order valence-corrected chi connectivity index (χ0v) is 21.7. The van der Waals surface area contributed by atoms with Crippen molar-refractivity contribution >= 4 is 29.9 Å². The standard InChI is InChI=1S/C25H33N5O.HI/c1-5-20(3)31-23-15-19(2)11-12-22(23)16-28-25(26-4)29-17-24-27-13-14-30(24)18-21-9-7-6-8-10-21;/h6-15,20H,5,16-18H2,1-4H3,(H2,26,28,29);1H. The van der Waals surface area contributed by atoms with Crippen LogP contribution in [0, 0.1) is 6.92 Å². The second-order valence-corrected chi connectivity index (χ2v) is 7.68. The third-order valence-electron chi connectivity index (χ3n) is 5.21. The summed E-state index contributed by atoms with van der Waals surface area (Å²) in [6, 6.07) is 16.7. The van der Waals surface area contributed by atoms with Crippen LogP contribution in [0.15, 0.2) is 65.9 Å². The van der Waals surface area contributed by atoms with E-state index in [1.165, 1.54) is 11.1 Å². The summed E-state index contributed by atoms with van der Waals surface area (Å²) in [5, 5.41) is 6.76. The normalized spacial score (nSPS) is 12.1. The van der Waals surface area contributed by atoms with Gasteiger partial charge in [-0.15, -0.1) is 24.0 Å². The molecular weight excluding hydrogens is 513 g/mol. The lowest BCUT2D eigenvalue weighted by Crippen LogP contribution is -2.37. The number of aliphatic imine (C=N–C) groups is 1. The summed E-state index contributed by atoms with van der Waals surface area (Å²) < 4.78 is 8.27. The summed E-state index contributed by atoms with van der Waals surface area (Å²) >= 11 is 0. The fraction of sp³-hybridized carbons (Fsp3) is 0.360. The van der Waals surface area contributed by atoms with Crippen molar-refractivity contribution in [3.05, 3.63) is 83.4 Å². The lowest BCUT2D eigenvalue weighted by atomic mass is 10.1. The van der Waals surface area contributed by atoms with Gasteiger partial charge in [0.25, 0.3) is 0 Å². The van der Waals surface area contributed by atoms with Crippen LogP contribution < -0.4 is 15.4 Å². The van der Waals surface area contributed by atoms with E-state index in [9.17, 15) is 0 Å². The predicted molar refractivity (Wildman–Crippen MR) is 142 cm³/mol. The molecule has 32 heavy (non-hydrogen) atoms. The first-order chi connectivity index (χ1) is 15.1. The molecule has 0 fully saturated rings. The van der Waals surface area contributed by atoms with E-state index < -0.39 is 0 Å². The molecule has 1 aromatic heterocycles. The molecule has 7 heteroatoms. The number of guanidine groups is 1. The molecule has 0 saturated carbocycles. The molecule has 1 atom stereocenters. The maximum Gasteiger partial charge on any atom is 0.191 e. The molecule has 0 aliphatic carbocycles. The largest absolute Gasteiger partial charge is 0.490 e. The van der Waals surface area contributed by atoms with Gasteiger partial charge in [-0.05, 0) is 37.5 Å². The number of hydrogen-bond donors (Lipinski definition) is 2. The molecule has 1 unspecified atom stereocenters. The van der Waals surface area contributed by atoms with Crippen molar-refractivity contribution in [3.8, 4) is 5.75 Å². The summed E-state index contributed by atoms with van der Waals surface area (Å²) in [5.74, 6) is 2.61. The zero-order chi connectivity index (χ0) is 22.1. The van der Waals surface area contributed by atoms with E-state index in [1.54, 1.807) is 7.05 Å². The number of hydrogen-bond acceptors (Lipinski definition) is 3. The molecule has 1 heterocycles. The van der Waals surface area contributed by atoms with Gasteiger partial charge >= 0.3 is 0 Å². The van der Waals surface area contributed by atoms with E-state index in [0.717, 1.165) is 36.1 Å². The van der Waals surface area contributed by atoms with Crippen molar-refractivity contribution in [2.24, 2.45) is 4.99 Å². The molecule has 6 nitrogen and oxygen atoms in total. The Hall–Kier alpha value is -2.55. The fourth-order valence-corrected chi connectivity index (χ4v) is 3.21. The van der Waals surface area contributed by atoms with E-state index in [4.69, 9.17) is 4.74 Å². The van der Waals surface area contributed by atoms with Gasteiger partial charge in [-0.1, -0.05) is 49.4 Å². The van der Waals surface area contributed by atoms with Crippen LogP contribution >= 0.6 is 24.0 Å². The second-order valence-electron chi connectivity index (χ2n) is 7.68. The summed E-state index contributed by atoms with van der Waals surface area (Å²) in [7, 11) is 1.78. The minimum Gasteiger partial charge on any atom is -0.490 e. The SMILES string of the molecule is CCC(C)Oc1cc(C)ccc1CNC(=NC)NCc1nccn1Cc1ccccc1.I. The Bertz CT molecular complexity index is 987. The molecule has 2 aromatic carbocycles. The summed E-state index contributed by atoms with van der Waals surface area (Å²) in [6.45, 7) is 8.32. The highest BCUT2D eigenvalue weighted by Gasteiger charge is 2.10. The third kappa shape index (κ3) is 7.55. The first kappa shape index (κ1) is 25.7. The molecule has 0 amide bonds. The Morgan fingerprint density at radius 1 is 1.12 bits per heavy atom. The number of aryl methyl sites for hydroxylation is 1. The molecule has 3 rings (SSSR count). The van der Waals surface area contributed by atoms with E-state index in [0.29, 0.717) is 13.1 Å². The van der Waals surface area contributed by atoms with Gasteiger partial charge in [0.05, 0.1) is 12.6 Å². The fourth-order valence-electron chi connectivity index (χ4n) is 3.21. The highest BCUT2D eigenvalue weighted by atomic mass is 127. The summed E-state index contributed by atoms with van der Waals surface area (Å²) in [6.07, 6.45) is 4.99. The number of nitrogens with zero attached hydrogens (tertiary/aromatic N) is 3. The number of ether oxygens (including phenoxy) is 1. The Balaban J connectivity index is 0.00000363. The highest BCUT2D eigenvalue weighted by molar-refractivity contribution is 14.0. The van der Waals surface area contributed by atoms with Crippen LogP contribution in [0.4, 0.5) is 0 Å². The average molecular weight is 547 g/mol. The molecule has 0 radical (unpaired) electrons. The highest BCUT2D eigenvalue weighted by Crippen LogP contribution is 2.22. The van der Waals surface area contributed by atoms with Crippen molar-refractivity contribution in [1.82, 2.24) is 20.2 Å². The van der Waals surface area contributed by atoms with Gasteiger partial charge in [0, 0.05) is 38.1 Å². The topological polar surface area (TPSA) is 63.5 Å². The molecule has 0 aliphatic rings. The average Bonchev–Trinajstić information content (AvgIpc) is 3.22. The number of rotatable bonds is 9. The number of halogens is 1. The van der Waals surface area contributed by atoms with Crippen molar-refractivity contribution in [2.75, 3.05) is 7.05 Å². The number of benzene rings is 2. The maximum atomic E-state index is 6.12. The first-order valence-electron chi connectivity index (χ1n) is 10.8. The van der Waals surface area contributed by atoms with Gasteiger partial charge in [0.2, 0.25) is 0 Å². The lowest BCUT2D eigenvalue weighted by Gasteiger charge is -2.18. The third-order valence-corrected chi connectivity index (χ3v) is 5.21. The first-order valence-corrected chi connectivity index (χ1v) is 10.8. The molecule has 0 saturated heterocycles. The van der Waals surface area contributed by atoms with Crippen LogP contribution in [0.1, 0.15) is 42.8 Å². The summed E-state index contributed by atoms with van der Waals surface area (Å²) in [4.78, 5) is 8.86. The molecule has 0 aliphatic heterocycles. The van der Waals surface area contributed by atoms with E-state index >= 15 is 0 Å². The number of imidazole rings is 1. The monoisotopic (exact) mass is 547 g/mol. The van der Waals surface area contributed by atoms with Gasteiger partial charge in [-0.2, -0.15) is 0 Å². The van der Waals surface area contributed by atoms with Crippen molar-refractivity contribution in [2.45, 2.75) is 52.9 Å². The van der Waals surface area contributed by atoms with Crippen molar-refractivity contribution < 1.29 is 4.74 Å². The van der Waals surface area contributed by atoms with Gasteiger partial charge in [-0.25, -0.2) is 4.98 Å². The van der Waals surface area contributed by atoms with E-state index in [-0.39, 0.29) is 30.1 Å². The van der Waals surface area contributed by atoms with Crippen LogP contribution in [0.5, 0.6) is 5.75 Å².